The van der Waals surface area contributed by atoms with E-state index in [4.69, 9.17) is 0 Å². The summed E-state index contributed by atoms with van der Waals surface area (Å²) in [6, 6.07) is 8.67. The quantitative estimate of drug-likeness (QED) is 0.493. The molecule has 1 fully saturated rings. The number of benzene rings is 1. The first-order chi connectivity index (χ1) is 12.8. The molecular formula is C19H29N2O5P. The molecule has 0 spiro atoms. The molecule has 7 nitrogen and oxygen atoms in total. The van der Waals surface area contributed by atoms with E-state index in [2.05, 4.69) is 0 Å². The molecule has 0 saturated carbocycles. The van der Waals surface area contributed by atoms with Gasteiger partial charge in [-0.1, -0.05) is 30.3 Å². The van der Waals surface area contributed by atoms with E-state index in [1.54, 1.807) is 6.92 Å². The highest BCUT2D eigenvalue weighted by Gasteiger charge is 2.37. The number of carbonyl (C=O) groups is 2. The van der Waals surface area contributed by atoms with Gasteiger partial charge in [-0.05, 0) is 44.6 Å². The number of amides is 2. The lowest BCUT2D eigenvalue weighted by atomic mass is 10.1. The second kappa shape index (κ2) is 9.90. The maximum absolute atomic E-state index is 12.6. The number of carboxylic acid groups (broad SMARTS) is 1. The summed E-state index contributed by atoms with van der Waals surface area (Å²) in [6.07, 6.45) is 3.26. The van der Waals surface area contributed by atoms with Crippen LogP contribution in [0.2, 0.25) is 0 Å². The second-order valence-corrected chi connectivity index (χ2v) is 9.40. The summed E-state index contributed by atoms with van der Waals surface area (Å²) in [7, 11) is -3.49. The normalized spacial score (nSPS) is 18.9. The van der Waals surface area contributed by atoms with Crippen LogP contribution in [0.5, 0.6) is 0 Å². The van der Waals surface area contributed by atoms with E-state index < -0.39 is 25.4 Å². The Labute approximate surface area is 160 Å². The molecule has 0 aromatic heterocycles. The Morgan fingerprint density at radius 3 is 2.59 bits per heavy atom. The molecule has 1 aromatic rings. The lowest BCUT2D eigenvalue weighted by Gasteiger charge is -2.30. The predicted molar refractivity (Wildman–Crippen MR) is 104 cm³/mol. The molecule has 1 heterocycles. The number of aliphatic carboxylic acids is 1. The Morgan fingerprint density at radius 2 is 1.96 bits per heavy atom. The van der Waals surface area contributed by atoms with Crippen LogP contribution in [0.3, 0.4) is 0 Å². The van der Waals surface area contributed by atoms with Crippen LogP contribution < -0.4 is 0 Å². The van der Waals surface area contributed by atoms with Gasteiger partial charge in [0.15, 0.2) is 0 Å². The van der Waals surface area contributed by atoms with Gasteiger partial charge in [0.2, 0.25) is 7.37 Å². The third-order valence-electron chi connectivity index (χ3n) is 4.89. The van der Waals surface area contributed by atoms with Gasteiger partial charge in [-0.2, -0.15) is 0 Å². The number of carbonyl (C=O) groups excluding carboxylic acids is 1. The highest BCUT2D eigenvalue weighted by Crippen LogP contribution is 2.42. The monoisotopic (exact) mass is 396 g/mol. The average molecular weight is 396 g/mol. The highest BCUT2D eigenvalue weighted by atomic mass is 31.2. The molecule has 8 heteroatoms. The molecule has 0 aliphatic carbocycles. The smallest absolute Gasteiger partial charge is 0.326 e. The minimum absolute atomic E-state index is 0.159. The maximum atomic E-state index is 12.6. The largest absolute Gasteiger partial charge is 0.480 e. The summed E-state index contributed by atoms with van der Waals surface area (Å²) >= 11 is 0. The summed E-state index contributed by atoms with van der Waals surface area (Å²) in [5.74, 6) is -1.02. The standard InChI is InChI=1S/C19H29N2O5P/c1-2-20(19(24)21-13-8-12-17(21)18(22)23)15-27(25,26)14-7-6-11-16-9-4-3-5-10-16/h3-5,9-10,17H,2,6-8,11-15H2,1H3,(H,22,23)(H,25,26)/t17-/m0/s1. The van der Waals surface area contributed by atoms with Crippen LogP contribution in [0.4, 0.5) is 4.79 Å². The van der Waals surface area contributed by atoms with Crippen LogP contribution in [0.1, 0.15) is 38.2 Å². The first-order valence-corrected chi connectivity index (χ1v) is 11.5. The van der Waals surface area contributed by atoms with Crippen LogP contribution in [0.15, 0.2) is 30.3 Å². The predicted octanol–water partition coefficient (Wildman–Crippen LogP) is 3.23. The number of hydrogen-bond donors (Lipinski definition) is 2. The number of carboxylic acids is 1. The molecule has 2 rings (SSSR count). The summed E-state index contributed by atoms with van der Waals surface area (Å²) < 4.78 is 12.6. The minimum atomic E-state index is -3.49. The molecule has 2 N–H and O–H groups in total. The van der Waals surface area contributed by atoms with E-state index in [0.29, 0.717) is 25.8 Å². The molecule has 1 aliphatic rings. The fourth-order valence-electron chi connectivity index (χ4n) is 3.40. The molecule has 0 radical (unpaired) electrons. The summed E-state index contributed by atoms with van der Waals surface area (Å²) in [5.41, 5.74) is 1.20. The zero-order valence-corrected chi connectivity index (χ0v) is 16.7. The lowest BCUT2D eigenvalue weighted by Crippen LogP contribution is -2.48. The molecule has 1 aromatic carbocycles. The van der Waals surface area contributed by atoms with Crippen LogP contribution in [-0.2, 0) is 15.8 Å². The molecule has 27 heavy (non-hydrogen) atoms. The van der Waals surface area contributed by atoms with E-state index in [0.717, 1.165) is 12.8 Å². The number of hydrogen-bond acceptors (Lipinski definition) is 3. The van der Waals surface area contributed by atoms with Crippen molar-refractivity contribution in [2.45, 2.75) is 45.1 Å². The van der Waals surface area contributed by atoms with E-state index in [9.17, 15) is 24.2 Å². The number of rotatable bonds is 9. The van der Waals surface area contributed by atoms with Crippen molar-refractivity contribution in [2.24, 2.45) is 0 Å². The van der Waals surface area contributed by atoms with Gasteiger partial charge < -0.3 is 19.8 Å². The Kier molecular flexibility index (Phi) is 7.87. The Morgan fingerprint density at radius 1 is 1.26 bits per heavy atom. The molecule has 2 atom stereocenters. The van der Waals surface area contributed by atoms with Gasteiger partial charge >= 0.3 is 12.0 Å². The average Bonchev–Trinajstić information content (AvgIpc) is 3.14. The van der Waals surface area contributed by atoms with E-state index in [1.807, 2.05) is 30.3 Å². The van der Waals surface area contributed by atoms with Crippen molar-refractivity contribution >= 4 is 19.4 Å². The molecule has 2 amide bonds. The number of aryl methyl sites for hydroxylation is 1. The Bertz CT molecular complexity index is 682. The molecule has 0 bridgehead atoms. The van der Waals surface area contributed by atoms with Crippen molar-refractivity contribution in [1.82, 2.24) is 9.80 Å². The first kappa shape index (κ1) is 21.5. The third-order valence-corrected chi connectivity index (χ3v) is 6.69. The number of urea groups is 1. The molecule has 1 aliphatic heterocycles. The Balaban J connectivity index is 1.85. The van der Waals surface area contributed by atoms with Crippen LogP contribution in [-0.4, -0.2) is 63.4 Å². The summed E-state index contributed by atoms with van der Waals surface area (Å²) in [4.78, 5) is 36.8. The van der Waals surface area contributed by atoms with Gasteiger partial charge in [0.25, 0.3) is 0 Å². The van der Waals surface area contributed by atoms with E-state index >= 15 is 0 Å². The lowest BCUT2D eigenvalue weighted by molar-refractivity contribution is -0.141. The van der Waals surface area contributed by atoms with E-state index in [1.165, 1.54) is 15.4 Å². The van der Waals surface area contributed by atoms with Crippen LogP contribution in [0, 0.1) is 0 Å². The van der Waals surface area contributed by atoms with Crippen LogP contribution in [0.25, 0.3) is 0 Å². The molecular weight excluding hydrogens is 367 g/mol. The zero-order valence-electron chi connectivity index (χ0n) is 15.8. The first-order valence-electron chi connectivity index (χ1n) is 9.47. The number of likely N-dealkylation sites (tertiary alicyclic amines) is 1. The SMILES string of the molecule is CCN(CP(=O)(O)CCCCc1ccccc1)C(=O)N1CCC[C@H]1C(=O)O. The molecule has 150 valence electrons. The van der Waals surface area contributed by atoms with Gasteiger partial charge in [-0.3, -0.25) is 4.57 Å². The van der Waals surface area contributed by atoms with Crippen molar-refractivity contribution in [1.29, 1.82) is 0 Å². The minimum Gasteiger partial charge on any atom is -0.480 e. The Hall–Kier alpha value is -1.85. The van der Waals surface area contributed by atoms with Crippen molar-refractivity contribution in [3.05, 3.63) is 35.9 Å². The van der Waals surface area contributed by atoms with Gasteiger partial charge in [0, 0.05) is 19.3 Å². The highest BCUT2D eigenvalue weighted by molar-refractivity contribution is 7.57. The van der Waals surface area contributed by atoms with Crippen molar-refractivity contribution in [3.63, 3.8) is 0 Å². The van der Waals surface area contributed by atoms with Crippen LogP contribution >= 0.6 is 7.37 Å². The second-order valence-electron chi connectivity index (χ2n) is 6.98. The van der Waals surface area contributed by atoms with Gasteiger partial charge in [0.1, 0.15) is 6.04 Å². The fourth-order valence-corrected chi connectivity index (χ4v) is 5.11. The zero-order chi connectivity index (χ0) is 19.9. The number of nitrogens with zero attached hydrogens (tertiary/aromatic N) is 2. The fraction of sp³-hybridized carbons (Fsp3) is 0.579. The summed E-state index contributed by atoms with van der Waals surface area (Å²) in [5, 5.41) is 9.24. The molecule has 1 unspecified atom stereocenters. The van der Waals surface area contributed by atoms with Crippen molar-refractivity contribution < 1.29 is 24.2 Å². The van der Waals surface area contributed by atoms with Gasteiger partial charge in [-0.15, -0.1) is 0 Å². The maximum Gasteiger partial charge on any atom is 0.326 e. The summed E-state index contributed by atoms with van der Waals surface area (Å²) in [6.45, 7) is 2.38. The third kappa shape index (κ3) is 6.36. The van der Waals surface area contributed by atoms with E-state index in [-0.39, 0.29) is 19.0 Å². The van der Waals surface area contributed by atoms with Gasteiger partial charge in [-0.25, -0.2) is 9.59 Å². The topological polar surface area (TPSA) is 98.2 Å². The van der Waals surface area contributed by atoms with Crippen molar-refractivity contribution in [3.8, 4) is 0 Å². The van der Waals surface area contributed by atoms with Crippen molar-refractivity contribution in [2.75, 3.05) is 25.5 Å². The molecule has 1 saturated heterocycles. The van der Waals surface area contributed by atoms with Gasteiger partial charge in [0.05, 0.1) is 6.29 Å². The number of unbranched alkanes of at least 4 members (excludes halogenated alkanes) is 1.